The summed E-state index contributed by atoms with van der Waals surface area (Å²) in [5, 5.41) is 24.7. The van der Waals surface area contributed by atoms with E-state index in [1.165, 1.54) is 44.9 Å². The Morgan fingerprint density at radius 3 is 2.70 bits per heavy atom. The minimum atomic E-state index is -0.605. The summed E-state index contributed by atoms with van der Waals surface area (Å²) in [5.41, 5.74) is 0.771. The van der Waals surface area contributed by atoms with Gasteiger partial charge in [0.1, 0.15) is 6.07 Å². The zero-order valence-corrected chi connectivity index (χ0v) is 20.9. The number of aryl methyl sites for hydroxylation is 1. The van der Waals surface area contributed by atoms with E-state index in [4.69, 9.17) is 10.00 Å². The van der Waals surface area contributed by atoms with E-state index < -0.39 is 5.60 Å². The molecule has 8 atom stereocenters. The summed E-state index contributed by atoms with van der Waals surface area (Å²) in [6, 6.07) is 3.97. The van der Waals surface area contributed by atoms with Gasteiger partial charge in [0.05, 0.1) is 12.2 Å². The van der Waals surface area contributed by atoms with Crippen molar-refractivity contribution in [2.24, 2.45) is 40.4 Å². The average Bonchev–Trinajstić information content (AvgIpc) is 3.40. The molecule has 1 N–H and O–H groups in total. The first-order chi connectivity index (χ1) is 15.8. The summed E-state index contributed by atoms with van der Waals surface area (Å²) in [6.07, 6.45) is 14.3. The van der Waals surface area contributed by atoms with Gasteiger partial charge in [0.2, 0.25) is 0 Å². The topological polar surface area (TPSA) is 71.1 Å². The Bertz CT molecular complexity index is 892. The van der Waals surface area contributed by atoms with Crippen LogP contribution in [0, 0.1) is 51.8 Å². The monoisotopic (exact) mass is 453 g/mol. The first-order valence-electron chi connectivity index (χ1n) is 13.5. The Balaban J connectivity index is 1.26. The SMILES string of the molecule is CCOC[C@@]1(O)CC[C@@]2(C)[C@H](CC[C@@H]3[C@@H]2CC[C@]2(C)[C@@H](CCn4ccc(C#N)n4)CC[C@@H]32)C1. The number of aliphatic hydroxyl groups is 1. The summed E-state index contributed by atoms with van der Waals surface area (Å²) in [4.78, 5) is 0. The number of hydrogen-bond donors (Lipinski definition) is 1. The van der Waals surface area contributed by atoms with Gasteiger partial charge in [0.25, 0.3) is 0 Å². The number of fused-ring (bicyclic) bond motifs is 5. The van der Waals surface area contributed by atoms with Gasteiger partial charge in [-0.05, 0) is 118 Å². The highest BCUT2D eigenvalue weighted by atomic mass is 16.5. The molecule has 4 aliphatic rings. The number of aromatic nitrogens is 2. The molecule has 5 nitrogen and oxygen atoms in total. The van der Waals surface area contributed by atoms with Crippen molar-refractivity contribution in [2.75, 3.05) is 13.2 Å². The summed E-state index contributed by atoms with van der Waals surface area (Å²) in [5.74, 6) is 3.97. The third-order valence-corrected chi connectivity index (χ3v) is 11.1. The molecule has 5 rings (SSSR count). The predicted molar refractivity (Wildman–Crippen MR) is 128 cm³/mol. The smallest absolute Gasteiger partial charge is 0.162 e. The highest BCUT2D eigenvalue weighted by molar-refractivity contribution is 5.16. The number of nitriles is 1. The van der Waals surface area contributed by atoms with Crippen LogP contribution in [-0.2, 0) is 11.3 Å². The number of ether oxygens (including phenoxy) is 1. The third-order valence-electron chi connectivity index (χ3n) is 11.1. The molecule has 1 aromatic heterocycles. The van der Waals surface area contributed by atoms with Crippen LogP contribution in [-0.4, -0.2) is 33.7 Å². The molecule has 5 heteroatoms. The fourth-order valence-corrected chi connectivity index (χ4v) is 9.16. The van der Waals surface area contributed by atoms with Crippen LogP contribution >= 0.6 is 0 Å². The zero-order valence-electron chi connectivity index (χ0n) is 20.9. The van der Waals surface area contributed by atoms with Crippen LogP contribution in [0.25, 0.3) is 0 Å². The number of nitrogens with zero attached hydrogens (tertiary/aromatic N) is 3. The van der Waals surface area contributed by atoms with E-state index in [1.807, 2.05) is 23.9 Å². The Morgan fingerprint density at radius 2 is 1.94 bits per heavy atom. The largest absolute Gasteiger partial charge is 0.387 e. The molecule has 1 aromatic rings. The maximum atomic E-state index is 11.2. The van der Waals surface area contributed by atoms with Gasteiger partial charge in [-0.1, -0.05) is 13.8 Å². The maximum Gasteiger partial charge on any atom is 0.162 e. The molecule has 0 aromatic carbocycles. The van der Waals surface area contributed by atoms with Crippen molar-refractivity contribution < 1.29 is 9.84 Å². The molecule has 33 heavy (non-hydrogen) atoms. The molecular formula is C28H43N3O2. The van der Waals surface area contributed by atoms with E-state index in [2.05, 4.69) is 25.0 Å². The Hall–Kier alpha value is -1.38. The number of hydrogen-bond acceptors (Lipinski definition) is 4. The zero-order chi connectivity index (χ0) is 23.3. The van der Waals surface area contributed by atoms with Gasteiger partial charge in [0, 0.05) is 19.3 Å². The van der Waals surface area contributed by atoms with E-state index in [0.29, 0.717) is 35.7 Å². The van der Waals surface area contributed by atoms with Crippen LogP contribution in [0.15, 0.2) is 12.3 Å². The van der Waals surface area contributed by atoms with Gasteiger partial charge < -0.3 is 9.84 Å². The molecule has 4 saturated carbocycles. The lowest BCUT2D eigenvalue weighted by atomic mass is 9.44. The normalized spacial score (nSPS) is 44.5. The van der Waals surface area contributed by atoms with E-state index in [-0.39, 0.29) is 0 Å². The van der Waals surface area contributed by atoms with E-state index in [1.54, 1.807) is 0 Å². The second-order valence-electron chi connectivity index (χ2n) is 12.4. The summed E-state index contributed by atoms with van der Waals surface area (Å²) < 4.78 is 7.64. The van der Waals surface area contributed by atoms with Gasteiger partial charge in [-0.25, -0.2) is 0 Å². The van der Waals surface area contributed by atoms with Crippen molar-refractivity contribution in [3.63, 3.8) is 0 Å². The molecule has 0 unspecified atom stereocenters. The van der Waals surface area contributed by atoms with Crippen LogP contribution in [0.2, 0.25) is 0 Å². The minimum absolute atomic E-state index is 0.392. The molecule has 0 bridgehead atoms. The molecule has 4 aliphatic carbocycles. The summed E-state index contributed by atoms with van der Waals surface area (Å²) in [7, 11) is 0. The molecule has 0 radical (unpaired) electrons. The van der Waals surface area contributed by atoms with E-state index in [0.717, 1.165) is 49.5 Å². The first-order valence-corrected chi connectivity index (χ1v) is 13.5. The van der Waals surface area contributed by atoms with Crippen molar-refractivity contribution in [1.82, 2.24) is 9.78 Å². The Labute approximate surface area is 199 Å². The summed E-state index contributed by atoms with van der Waals surface area (Å²) in [6.45, 7) is 9.34. The lowest BCUT2D eigenvalue weighted by Crippen LogP contribution is -2.56. The standard InChI is InChI=1S/C28H43N3O2/c1-4-33-19-28(32)14-13-27(3)21(17-28)5-7-23-24-8-6-20(26(24,2)12-9-25(23)27)10-15-31-16-11-22(18-29)30-31/h11,16,20-21,23-25,32H,4-10,12-15,17,19H2,1-3H3/t20-,21-,23+,24+,25+,26-,27+,28-/m1/s1. The maximum absolute atomic E-state index is 11.2. The highest BCUT2D eigenvalue weighted by Gasteiger charge is 2.61. The fraction of sp³-hybridized carbons (Fsp3) is 0.857. The van der Waals surface area contributed by atoms with Gasteiger partial charge in [-0.15, -0.1) is 0 Å². The van der Waals surface area contributed by atoms with Crippen LogP contribution < -0.4 is 0 Å². The van der Waals surface area contributed by atoms with Crippen molar-refractivity contribution in [3.05, 3.63) is 18.0 Å². The molecule has 0 amide bonds. The van der Waals surface area contributed by atoms with Crippen molar-refractivity contribution in [3.8, 4) is 6.07 Å². The molecule has 0 spiro atoms. The molecule has 0 aliphatic heterocycles. The third kappa shape index (κ3) is 3.96. The molecule has 182 valence electrons. The lowest BCUT2D eigenvalue weighted by Gasteiger charge is -2.62. The molecule has 1 heterocycles. The Kier molecular flexibility index (Phi) is 6.15. The van der Waals surface area contributed by atoms with Crippen molar-refractivity contribution in [1.29, 1.82) is 5.26 Å². The summed E-state index contributed by atoms with van der Waals surface area (Å²) >= 11 is 0. The molecular weight excluding hydrogens is 410 g/mol. The predicted octanol–water partition coefficient (Wildman–Crippen LogP) is 5.57. The molecule has 4 fully saturated rings. The quantitative estimate of drug-likeness (QED) is 0.611. The van der Waals surface area contributed by atoms with Crippen LogP contribution in [0.1, 0.15) is 90.7 Å². The fourth-order valence-electron chi connectivity index (χ4n) is 9.16. The minimum Gasteiger partial charge on any atom is -0.387 e. The first kappa shape index (κ1) is 23.4. The number of rotatable bonds is 6. The van der Waals surface area contributed by atoms with Gasteiger partial charge in [-0.3, -0.25) is 4.68 Å². The lowest BCUT2D eigenvalue weighted by molar-refractivity contribution is -0.165. The second kappa shape index (κ2) is 8.68. The Morgan fingerprint density at radius 1 is 1.12 bits per heavy atom. The average molecular weight is 454 g/mol. The van der Waals surface area contributed by atoms with Gasteiger partial charge in [0.15, 0.2) is 5.69 Å². The second-order valence-corrected chi connectivity index (χ2v) is 12.4. The van der Waals surface area contributed by atoms with Crippen LogP contribution in [0.5, 0.6) is 0 Å². The van der Waals surface area contributed by atoms with Gasteiger partial charge in [-0.2, -0.15) is 10.4 Å². The van der Waals surface area contributed by atoms with Gasteiger partial charge >= 0.3 is 0 Å². The highest BCUT2D eigenvalue weighted by Crippen LogP contribution is 2.68. The van der Waals surface area contributed by atoms with Crippen molar-refractivity contribution in [2.45, 2.75) is 97.1 Å². The van der Waals surface area contributed by atoms with Crippen LogP contribution in [0.4, 0.5) is 0 Å². The van der Waals surface area contributed by atoms with Crippen molar-refractivity contribution >= 4 is 0 Å². The van der Waals surface area contributed by atoms with E-state index in [9.17, 15) is 5.11 Å². The molecule has 0 saturated heterocycles. The van der Waals surface area contributed by atoms with Crippen LogP contribution in [0.3, 0.4) is 0 Å². The van der Waals surface area contributed by atoms with E-state index >= 15 is 0 Å².